The van der Waals surface area contributed by atoms with Gasteiger partial charge in [0.1, 0.15) is 5.75 Å². The van der Waals surface area contributed by atoms with Crippen LogP contribution in [0.1, 0.15) is 24.3 Å². The third-order valence-corrected chi connectivity index (χ3v) is 4.94. The molecule has 0 saturated carbocycles. The highest BCUT2D eigenvalue weighted by atomic mass is 16.5. The molecule has 0 bridgehead atoms. The number of hydrogen-bond acceptors (Lipinski definition) is 7. The Labute approximate surface area is 164 Å². The Balaban J connectivity index is 2.03. The molecular weight excluding hydrogens is 362 g/mol. The minimum absolute atomic E-state index is 0.0543. The SMILES string of the molecule is COC(=O)C1=CN(CC2CCCO2)C=C(C(=O)OC)C1c1cccc(OC)c1. The second-order valence-corrected chi connectivity index (χ2v) is 6.69. The summed E-state index contributed by atoms with van der Waals surface area (Å²) in [4.78, 5) is 27.0. The van der Waals surface area contributed by atoms with Crippen molar-refractivity contribution >= 4 is 11.9 Å². The summed E-state index contributed by atoms with van der Waals surface area (Å²) >= 11 is 0. The molecule has 0 aromatic heterocycles. The van der Waals surface area contributed by atoms with Gasteiger partial charge >= 0.3 is 11.9 Å². The van der Waals surface area contributed by atoms with E-state index in [0.717, 1.165) is 25.0 Å². The fourth-order valence-electron chi connectivity index (χ4n) is 3.60. The maximum absolute atomic E-state index is 12.6. The lowest BCUT2D eigenvalue weighted by Gasteiger charge is -2.31. The van der Waals surface area contributed by atoms with Gasteiger partial charge in [-0.25, -0.2) is 9.59 Å². The van der Waals surface area contributed by atoms with E-state index in [1.807, 2.05) is 17.0 Å². The summed E-state index contributed by atoms with van der Waals surface area (Å²) in [6.45, 7) is 1.28. The maximum Gasteiger partial charge on any atom is 0.336 e. The zero-order chi connectivity index (χ0) is 20.1. The summed E-state index contributed by atoms with van der Waals surface area (Å²) in [5.74, 6) is -0.984. The summed E-state index contributed by atoms with van der Waals surface area (Å²) in [6, 6.07) is 7.26. The van der Waals surface area contributed by atoms with Gasteiger partial charge in [0.2, 0.25) is 0 Å². The van der Waals surface area contributed by atoms with Gasteiger partial charge in [-0.15, -0.1) is 0 Å². The molecule has 1 unspecified atom stereocenters. The van der Waals surface area contributed by atoms with Gasteiger partial charge in [0.25, 0.3) is 0 Å². The molecule has 0 radical (unpaired) electrons. The van der Waals surface area contributed by atoms with Crippen LogP contribution in [0.25, 0.3) is 0 Å². The predicted molar refractivity (Wildman–Crippen MR) is 102 cm³/mol. The Morgan fingerprint density at radius 1 is 1.11 bits per heavy atom. The highest BCUT2D eigenvalue weighted by Gasteiger charge is 2.36. The van der Waals surface area contributed by atoms with Gasteiger partial charge in [0, 0.05) is 25.6 Å². The summed E-state index contributed by atoms with van der Waals surface area (Å²) in [5.41, 5.74) is 1.46. The van der Waals surface area contributed by atoms with Crippen LogP contribution in [0.15, 0.2) is 47.8 Å². The summed E-state index contributed by atoms with van der Waals surface area (Å²) in [5, 5.41) is 0. The highest BCUT2D eigenvalue weighted by Crippen LogP contribution is 2.38. The fourth-order valence-corrected chi connectivity index (χ4v) is 3.60. The number of methoxy groups -OCH3 is 3. The van der Waals surface area contributed by atoms with Crippen LogP contribution >= 0.6 is 0 Å². The monoisotopic (exact) mass is 387 g/mol. The second kappa shape index (κ2) is 8.93. The topological polar surface area (TPSA) is 74.3 Å². The molecule has 0 N–H and O–H groups in total. The summed E-state index contributed by atoms with van der Waals surface area (Å²) < 4.78 is 21.0. The normalized spacial score (nSPS) is 19.7. The molecule has 0 aliphatic carbocycles. The van der Waals surface area contributed by atoms with Crippen LogP contribution in [0, 0.1) is 0 Å². The van der Waals surface area contributed by atoms with Gasteiger partial charge in [-0.1, -0.05) is 12.1 Å². The number of benzene rings is 1. The van der Waals surface area contributed by atoms with E-state index in [1.54, 1.807) is 31.6 Å². The lowest BCUT2D eigenvalue weighted by molar-refractivity contribution is -0.137. The van der Waals surface area contributed by atoms with Crippen molar-refractivity contribution in [2.75, 3.05) is 34.5 Å². The molecule has 28 heavy (non-hydrogen) atoms. The van der Waals surface area contributed by atoms with Gasteiger partial charge in [-0.3, -0.25) is 0 Å². The molecule has 0 spiro atoms. The summed E-state index contributed by atoms with van der Waals surface area (Å²) in [6.07, 6.45) is 5.46. The third-order valence-electron chi connectivity index (χ3n) is 4.94. The first-order valence-corrected chi connectivity index (χ1v) is 9.18. The van der Waals surface area contributed by atoms with E-state index >= 15 is 0 Å². The average molecular weight is 387 g/mol. The zero-order valence-corrected chi connectivity index (χ0v) is 16.3. The highest BCUT2D eigenvalue weighted by molar-refractivity contribution is 5.98. The van der Waals surface area contributed by atoms with Gasteiger partial charge in [-0.05, 0) is 30.5 Å². The van der Waals surface area contributed by atoms with Crippen LogP contribution in [0.5, 0.6) is 5.75 Å². The molecule has 1 aromatic rings. The molecule has 2 aliphatic rings. The van der Waals surface area contributed by atoms with Crippen molar-refractivity contribution in [3.05, 3.63) is 53.4 Å². The van der Waals surface area contributed by atoms with Crippen LogP contribution in [-0.4, -0.2) is 57.4 Å². The third kappa shape index (κ3) is 4.20. The van der Waals surface area contributed by atoms with E-state index in [9.17, 15) is 9.59 Å². The number of nitrogens with zero attached hydrogens (tertiary/aromatic N) is 1. The Kier molecular flexibility index (Phi) is 6.36. The molecule has 1 aromatic carbocycles. The van der Waals surface area contributed by atoms with E-state index in [1.165, 1.54) is 14.2 Å². The van der Waals surface area contributed by atoms with Gasteiger partial charge in [0.15, 0.2) is 0 Å². The van der Waals surface area contributed by atoms with E-state index < -0.39 is 17.9 Å². The minimum Gasteiger partial charge on any atom is -0.497 e. The van der Waals surface area contributed by atoms with Crippen LogP contribution in [0.2, 0.25) is 0 Å². The Morgan fingerprint density at radius 3 is 2.32 bits per heavy atom. The van der Waals surface area contributed by atoms with E-state index in [-0.39, 0.29) is 6.10 Å². The van der Waals surface area contributed by atoms with Crippen LogP contribution < -0.4 is 4.74 Å². The first-order chi connectivity index (χ1) is 13.6. The van der Waals surface area contributed by atoms with Crippen molar-refractivity contribution in [3.8, 4) is 5.75 Å². The molecule has 0 amide bonds. The first kappa shape index (κ1) is 19.9. The Bertz CT molecular complexity index is 760. The largest absolute Gasteiger partial charge is 0.497 e. The predicted octanol–water partition coefficient (Wildman–Crippen LogP) is 2.39. The zero-order valence-electron chi connectivity index (χ0n) is 16.3. The first-order valence-electron chi connectivity index (χ1n) is 9.18. The lowest BCUT2D eigenvalue weighted by atomic mass is 9.83. The van der Waals surface area contributed by atoms with Crippen molar-refractivity contribution in [1.29, 1.82) is 0 Å². The van der Waals surface area contributed by atoms with Crippen molar-refractivity contribution in [3.63, 3.8) is 0 Å². The number of carbonyl (C=O) groups is 2. The fraction of sp³-hybridized carbons (Fsp3) is 0.429. The molecular formula is C21H25NO6. The minimum atomic E-state index is -0.615. The smallest absolute Gasteiger partial charge is 0.336 e. The quantitative estimate of drug-likeness (QED) is 0.694. The molecule has 2 heterocycles. The average Bonchev–Trinajstić information content (AvgIpc) is 3.24. The molecule has 1 atom stereocenters. The number of rotatable bonds is 6. The molecule has 2 aliphatic heterocycles. The molecule has 3 rings (SSSR count). The van der Waals surface area contributed by atoms with E-state index in [4.69, 9.17) is 18.9 Å². The molecule has 1 saturated heterocycles. The van der Waals surface area contributed by atoms with Crippen molar-refractivity contribution < 1.29 is 28.5 Å². The van der Waals surface area contributed by atoms with E-state index in [0.29, 0.717) is 23.4 Å². The molecule has 7 heteroatoms. The number of carbonyl (C=O) groups excluding carboxylic acids is 2. The van der Waals surface area contributed by atoms with Crippen molar-refractivity contribution in [2.24, 2.45) is 0 Å². The molecule has 7 nitrogen and oxygen atoms in total. The lowest BCUT2D eigenvalue weighted by Crippen LogP contribution is -2.32. The van der Waals surface area contributed by atoms with E-state index in [2.05, 4.69) is 0 Å². The van der Waals surface area contributed by atoms with Gasteiger partial charge in [0.05, 0.1) is 44.5 Å². The number of esters is 2. The molecule has 1 fully saturated rings. The Hall–Kier alpha value is -2.80. The van der Waals surface area contributed by atoms with Gasteiger partial charge in [-0.2, -0.15) is 0 Å². The number of ether oxygens (including phenoxy) is 4. The van der Waals surface area contributed by atoms with Gasteiger partial charge < -0.3 is 23.8 Å². The summed E-state index contributed by atoms with van der Waals surface area (Å²) in [7, 11) is 4.22. The maximum atomic E-state index is 12.6. The number of hydrogen-bond donors (Lipinski definition) is 0. The van der Waals surface area contributed by atoms with Crippen LogP contribution in [0.4, 0.5) is 0 Å². The van der Waals surface area contributed by atoms with Crippen LogP contribution in [0.3, 0.4) is 0 Å². The van der Waals surface area contributed by atoms with Crippen molar-refractivity contribution in [2.45, 2.75) is 24.9 Å². The van der Waals surface area contributed by atoms with Crippen molar-refractivity contribution in [1.82, 2.24) is 4.90 Å². The Morgan fingerprint density at radius 2 is 1.79 bits per heavy atom. The standard InChI is InChI=1S/C21H25NO6/c1-25-15-7-4-6-14(10-15)19-17(20(23)26-2)12-22(11-16-8-5-9-28-16)13-18(19)21(24)27-3/h4,6-7,10,12-13,16,19H,5,8-9,11H2,1-3H3. The van der Waals surface area contributed by atoms with Crippen LogP contribution in [-0.2, 0) is 23.8 Å². The molecule has 150 valence electrons. The second-order valence-electron chi connectivity index (χ2n) is 6.69.